The number of benzene rings is 1. The molecule has 0 radical (unpaired) electrons. The molecule has 1 aromatic heterocycles. The number of hydrogen-bond acceptors (Lipinski definition) is 5. The van der Waals surface area contributed by atoms with E-state index in [4.69, 9.17) is 27.9 Å². The fourth-order valence-electron chi connectivity index (χ4n) is 3.21. The molecule has 6 nitrogen and oxygen atoms in total. The van der Waals surface area contributed by atoms with E-state index in [1.807, 2.05) is 23.1 Å². The summed E-state index contributed by atoms with van der Waals surface area (Å²) >= 11 is 15.7. The quantitative estimate of drug-likeness (QED) is 0.485. The van der Waals surface area contributed by atoms with Crippen LogP contribution in [0, 0.1) is 0 Å². The second-order valence-electron chi connectivity index (χ2n) is 6.27. The van der Waals surface area contributed by atoms with E-state index in [1.54, 1.807) is 23.2 Å². The van der Waals surface area contributed by atoms with Crippen LogP contribution in [-0.2, 0) is 9.53 Å². The lowest BCUT2D eigenvalue weighted by molar-refractivity contribution is -0.148. The minimum absolute atomic E-state index is 0.166. The third-order valence-electron chi connectivity index (χ3n) is 4.63. The number of rotatable bonds is 4. The molecule has 1 fully saturated rings. The first-order chi connectivity index (χ1) is 13.4. The highest BCUT2D eigenvalue weighted by molar-refractivity contribution is 9.10. The lowest BCUT2D eigenvalue weighted by Crippen LogP contribution is -2.51. The Morgan fingerprint density at radius 3 is 2.50 bits per heavy atom. The van der Waals surface area contributed by atoms with Crippen LogP contribution in [0.4, 0.5) is 0 Å². The van der Waals surface area contributed by atoms with Gasteiger partial charge in [0, 0.05) is 41.9 Å². The molecule has 2 aromatic rings. The minimum Gasteiger partial charge on any atom is -0.468 e. The van der Waals surface area contributed by atoms with Gasteiger partial charge in [0.1, 0.15) is 11.2 Å². The van der Waals surface area contributed by atoms with Gasteiger partial charge in [0.05, 0.1) is 12.7 Å². The van der Waals surface area contributed by atoms with Crippen LogP contribution in [0.5, 0.6) is 0 Å². The summed E-state index contributed by atoms with van der Waals surface area (Å²) in [5.74, 6) is -0.571. The SMILES string of the molecule is COC(=O)C(c1ccccc1Cl)N1CCN(C(=O)c2cc(Br)cnc2Cl)CC1. The third kappa shape index (κ3) is 4.49. The molecule has 0 N–H and O–H groups in total. The molecule has 1 saturated heterocycles. The predicted molar refractivity (Wildman–Crippen MR) is 111 cm³/mol. The fourth-order valence-corrected chi connectivity index (χ4v) is 3.96. The van der Waals surface area contributed by atoms with Crippen molar-refractivity contribution < 1.29 is 14.3 Å². The van der Waals surface area contributed by atoms with Crippen molar-refractivity contribution in [1.29, 1.82) is 0 Å². The number of piperazine rings is 1. The summed E-state index contributed by atoms with van der Waals surface area (Å²) in [6.45, 7) is 1.88. The molecule has 148 valence electrons. The van der Waals surface area contributed by atoms with Crippen molar-refractivity contribution in [2.75, 3.05) is 33.3 Å². The van der Waals surface area contributed by atoms with Gasteiger partial charge in [-0.15, -0.1) is 0 Å². The zero-order chi connectivity index (χ0) is 20.3. The van der Waals surface area contributed by atoms with Crippen molar-refractivity contribution in [2.24, 2.45) is 0 Å². The van der Waals surface area contributed by atoms with Crippen LogP contribution in [0.15, 0.2) is 41.0 Å². The first-order valence-electron chi connectivity index (χ1n) is 8.59. The van der Waals surface area contributed by atoms with Crippen LogP contribution in [0.1, 0.15) is 22.0 Å². The van der Waals surface area contributed by atoms with E-state index in [9.17, 15) is 9.59 Å². The number of pyridine rings is 1. The maximum absolute atomic E-state index is 12.8. The van der Waals surface area contributed by atoms with Gasteiger partial charge in [0.15, 0.2) is 0 Å². The van der Waals surface area contributed by atoms with E-state index in [2.05, 4.69) is 20.9 Å². The first-order valence-corrected chi connectivity index (χ1v) is 10.1. The smallest absolute Gasteiger partial charge is 0.327 e. The molecule has 1 unspecified atom stereocenters. The molecule has 1 amide bonds. The normalized spacial score (nSPS) is 15.9. The summed E-state index contributed by atoms with van der Waals surface area (Å²) in [6, 6.07) is 8.24. The highest BCUT2D eigenvalue weighted by Crippen LogP contribution is 2.30. The second kappa shape index (κ2) is 9.22. The molecular formula is C19H18BrCl2N3O3. The van der Waals surface area contributed by atoms with Gasteiger partial charge in [0.25, 0.3) is 5.91 Å². The Balaban J connectivity index is 1.76. The van der Waals surface area contributed by atoms with Crippen molar-refractivity contribution in [3.05, 3.63) is 62.3 Å². The first kappa shape index (κ1) is 21.0. The van der Waals surface area contributed by atoms with E-state index in [0.717, 1.165) is 0 Å². The molecular weight excluding hydrogens is 469 g/mol. The van der Waals surface area contributed by atoms with E-state index >= 15 is 0 Å². The molecule has 1 aliphatic rings. The van der Waals surface area contributed by atoms with Gasteiger partial charge in [-0.1, -0.05) is 41.4 Å². The number of carbonyl (C=O) groups is 2. The van der Waals surface area contributed by atoms with Gasteiger partial charge in [-0.3, -0.25) is 9.69 Å². The Bertz CT molecular complexity index is 888. The second-order valence-corrected chi connectivity index (χ2v) is 7.95. The number of nitrogens with zero attached hydrogens (tertiary/aromatic N) is 3. The van der Waals surface area contributed by atoms with Gasteiger partial charge in [-0.05, 0) is 33.6 Å². The molecule has 9 heteroatoms. The highest BCUT2D eigenvalue weighted by Gasteiger charge is 2.34. The van der Waals surface area contributed by atoms with Crippen molar-refractivity contribution >= 4 is 51.0 Å². The number of ether oxygens (including phenoxy) is 1. The van der Waals surface area contributed by atoms with Gasteiger partial charge in [-0.25, -0.2) is 9.78 Å². The maximum Gasteiger partial charge on any atom is 0.327 e. The standard InChI is InChI=1S/C19H18BrCl2N3O3/c1-28-19(27)16(13-4-2-3-5-15(13)21)24-6-8-25(9-7-24)18(26)14-10-12(20)11-23-17(14)22/h2-5,10-11,16H,6-9H2,1H3. The molecule has 0 aliphatic carbocycles. The van der Waals surface area contributed by atoms with Crippen LogP contribution >= 0.6 is 39.1 Å². The number of esters is 1. The highest BCUT2D eigenvalue weighted by atomic mass is 79.9. The van der Waals surface area contributed by atoms with Crippen molar-refractivity contribution in [2.45, 2.75) is 6.04 Å². The number of methoxy groups -OCH3 is 1. The maximum atomic E-state index is 12.8. The summed E-state index contributed by atoms with van der Waals surface area (Å²) in [7, 11) is 1.36. The van der Waals surface area contributed by atoms with Crippen molar-refractivity contribution in [3.63, 3.8) is 0 Å². The molecule has 0 saturated carbocycles. The average Bonchev–Trinajstić information content (AvgIpc) is 2.71. The van der Waals surface area contributed by atoms with Crippen molar-refractivity contribution in [1.82, 2.24) is 14.8 Å². The summed E-state index contributed by atoms with van der Waals surface area (Å²) < 4.78 is 5.68. The zero-order valence-electron chi connectivity index (χ0n) is 15.1. The van der Waals surface area contributed by atoms with Crippen LogP contribution in [-0.4, -0.2) is 59.9 Å². The van der Waals surface area contributed by atoms with Crippen LogP contribution in [0.2, 0.25) is 10.2 Å². The number of hydrogen-bond donors (Lipinski definition) is 0. The minimum atomic E-state index is -0.618. The Labute approximate surface area is 181 Å². The number of halogens is 3. The van der Waals surface area contributed by atoms with Crippen LogP contribution in [0.3, 0.4) is 0 Å². The predicted octanol–water partition coefficient (Wildman–Crippen LogP) is 3.82. The number of carbonyl (C=O) groups excluding carboxylic acids is 2. The lowest BCUT2D eigenvalue weighted by atomic mass is 10.0. The lowest BCUT2D eigenvalue weighted by Gasteiger charge is -2.38. The van der Waals surface area contributed by atoms with E-state index in [0.29, 0.717) is 46.8 Å². The van der Waals surface area contributed by atoms with E-state index in [-0.39, 0.29) is 17.0 Å². The Kier molecular flexibility index (Phi) is 6.93. The molecule has 1 atom stereocenters. The molecule has 1 aliphatic heterocycles. The van der Waals surface area contributed by atoms with E-state index < -0.39 is 6.04 Å². The Morgan fingerprint density at radius 2 is 1.86 bits per heavy atom. The Morgan fingerprint density at radius 1 is 1.18 bits per heavy atom. The molecule has 28 heavy (non-hydrogen) atoms. The summed E-state index contributed by atoms with van der Waals surface area (Å²) in [5.41, 5.74) is 1.04. The Hall–Kier alpha value is -1.67. The third-order valence-corrected chi connectivity index (χ3v) is 5.71. The molecule has 3 rings (SSSR count). The zero-order valence-corrected chi connectivity index (χ0v) is 18.2. The summed E-state index contributed by atoms with van der Waals surface area (Å²) in [6.07, 6.45) is 1.54. The molecule has 2 heterocycles. The van der Waals surface area contributed by atoms with E-state index in [1.165, 1.54) is 7.11 Å². The molecule has 0 spiro atoms. The van der Waals surface area contributed by atoms with Gasteiger partial charge < -0.3 is 9.64 Å². The number of amides is 1. The topological polar surface area (TPSA) is 62.7 Å². The van der Waals surface area contributed by atoms with Gasteiger partial charge in [0.2, 0.25) is 0 Å². The van der Waals surface area contributed by atoms with Gasteiger partial charge in [-0.2, -0.15) is 0 Å². The molecule has 1 aromatic carbocycles. The monoisotopic (exact) mass is 485 g/mol. The summed E-state index contributed by atoms with van der Waals surface area (Å²) in [4.78, 5) is 32.9. The largest absolute Gasteiger partial charge is 0.468 e. The number of aromatic nitrogens is 1. The average molecular weight is 487 g/mol. The summed E-state index contributed by atoms with van der Waals surface area (Å²) in [5, 5.41) is 0.669. The van der Waals surface area contributed by atoms with Gasteiger partial charge >= 0.3 is 5.97 Å². The van der Waals surface area contributed by atoms with Crippen molar-refractivity contribution in [3.8, 4) is 0 Å². The molecule has 0 bridgehead atoms. The van der Waals surface area contributed by atoms with Crippen LogP contribution < -0.4 is 0 Å². The van der Waals surface area contributed by atoms with Crippen LogP contribution in [0.25, 0.3) is 0 Å². The fraction of sp³-hybridized carbons (Fsp3) is 0.316.